The molecule has 1 nitrogen and oxygen atoms in total. The molecule has 1 aromatic heterocycles. The molecule has 1 heterocycles. The summed E-state index contributed by atoms with van der Waals surface area (Å²) in [4.78, 5) is 0. The Bertz CT molecular complexity index is 2390. The number of benzene rings is 7. The van der Waals surface area contributed by atoms with Crippen molar-refractivity contribution in [2.75, 3.05) is 0 Å². The van der Waals surface area contributed by atoms with Gasteiger partial charge in [-0.2, -0.15) is 0 Å². The van der Waals surface area contributed by atoms with Gasteiger partial charge < -0.3 is 4.57 Å². The molecule has 1 aliphatic rings. The molecule has 1 unspecified atom stereocenters. The van der Waals surface area contributed by atoms with Gasteiger partial charge in [0.15, 0.2) is 0 Å². The van der Waals surface area contributed by atoms with E-state index < -0.39 is 0 Å². The van der Waals surface area contributed by atoms with E-state index in [1.54, 1.807) is 0 Å². The third-order valence-corrected chi connectivity index (χ3v) is 9.82. The van der Waals surface area contributed by atoms with Crippen LogP contribution in [-0.2, 0) is 6.42 Å². The monoisotopic (exact) mass is 587 g/mol. The minimum atomic E-state index is 0.475. The number of rotatable bonds is 4. The van der Waals surface area contributed by atoms with Gasteiger partial charge in [0.1, 0.15) is 0 Å². The zero-order valence-corrected chi connectivity index (χ0v) is 25.6. The van der Waals surface area contributed by atoms with Crippen LogP contribution in [0, 0.1) is 0 Å². The van der Waals surface area contributed by atoms with Crippen LogP contribution in [0.25, 0.3) is 66.6 Å². The SMILES string of the molecule is C1=Cc2cc(-c3ccc4c(c3)c3ccc5ccccc5c3n4-c3ccccc3)ccc2CC(c2ccc(-c3ccccc3)cc2)C1. The lowest BCUT2D eigenvalue weighted by molar-refractivity contribution is 0.701. The van der Waals surface area contributed by atoms with E-state index in [0.717, 1.165) is 12.8 Å². The molecule has 46 heavy (non-hydrogen) atoms. The first-order valence-electron chi connectivity index (χ1n) is 16.3. The molecule has 0 aliphatic heterocycles. The minimum absolute atomic E-state index is 0.475. The maximum Gasteiger partial charge on any atom is 0.0619 e. The van der Waals surface area contributed by atoms with Crippen LogP contribution in [0.4, 0.5) is 0 Å². The Balaban J connectivity index is 1.09. The smallest absolute Gasteiger partial charge is 0.0619 e. The van der Waals surface area contributed by atoms with E-state index in [0.29, 0.717) is 5.92 Å². The van der Waals surface area contributed by atoms with Gasteiger partial charge in [-0.25, -0.2) is 0 Å². The lowest BCUT2D eigenvalue weighted by Gasteiger charge is -2.16. The molecule has 0 saturated heterocycles. The molecule has 7 aromatic carbocycles. The van der Waals surface area contributed by atoms with Gasteiger partial charge in [0, 0.05) is 21.8 Å². The minimum Gasteiger partial charge on any atom is -0.309 e. The van der Waals surface area contributed by atoms with Gasteiger partial charge in [0.25, 0.3) is 0 Å². The van der Waals surface area contributed by atoms with Crippen LogP contribution in [0.5, 0.6) is 0 Å². The van der Waals surface area contributed by atoms with Gasteiger partial charge in [-0.3, -0.25) is 0 Å². The lowest BCUT2D eigenvalue weighted by atomic mass is 9.88. The Morgan fingerprint density at radius 3 is 2.04 bits per heavy atom. The maximum atomic E-state index is 2.43. The second-order valence-corrected chi connectivity index (χ2v) is 12.5. The number of hydrogen-bond donors (Lipinski definition) is 0. The van der Waals surface area contributed by atoms with Crippen molar-refractivity contribution in [2.45, 2.75) is 18.8 Å². The molecule has 1 atom stereocenters. The molecule has 0 spiro atoms. The van der Waals surface area contributed by atoms with E-state index in [4.69, 9.17) is 0 Å². The van der Waals surface area contributed by atoms with Crippen LogP contribution in [0.1, 0.15) is 29.0 Å². The van der Waals surface area contributed by atoms with Crippen molar-refractivity contribution in [1.29, 1.82) is 0 Å². The Morgan fingerprint density at radius 1 is 0.500 bits per heavy atom. The van der Waals surface area contributed by atoms with Crippen molar-refractivity contribution in [1.82, 2.24) is 4.57 Å². The van der Waals surface area contributed by atoms with Crippen molar-refractivity contribution in [2.24, 2.45) is 0 Å². The van der Waals surface area contributed by atoms with Gasteiger partial charge in [-0.05, 0) is 93.4 Å². The van der Waals surface area contributed by atoms with Gasteiger partial charge >= 0.3 is 0 Å². The molecule has 0 saturated carbocycles. The molecule has 0 fully saturated rings. The highest BCUT2D eigenvalue weighted by Gasteiger charge is 2.18. The van der Waals surface area contributed by atoms with Crippen molar-refractivity contribution in [3.05, 3.63) is 180 Å². The lowest BCUT2D eigenvalue weighted by Crippen LogP contribution is -2.02. The fraction of sp³-hybridized carbons (Fsp3) is 0.0667. The largest absolute Gasteiger partial charge is 0.309 e. The molecule has 0 amide bonds. The summed E-state index contributed by atoms with van der Waals surface area (Å²) >= 11 is 0. The first-order valence-corrected chi connectivity index (χ1v) is 16.3. The summed E-state index contributed by atoms with van der Waals surface area (Å²) in [6, 6.07) is 57.9. The highest BCUT2D eigenvalue weighted by molar-refractivity contribution is 6.19. The number of para-hydroxylation sites is 1. The summed E-state index contributed by atoms with van der Waals surface area (Å²) in [5.41, 5.74) is 12.9. The van der Waals surface area contributed by atoms with Crippen LogP contribution in [0.3, 0.4) is 0 Å². The summed E-state index contributed by atoms with van der Waals surface area (Å²) in [5.74, 6) is 0.475. The van der Waals surface area contributed by atoms with Crippen molar-refractivity contribution in [3.8, 4) is 27.9 Å². The van der Waals surface area contributed by atoms with E-state index in [1.807, 2.05) is 0 Å². The normalized spacial score (nSPS) is 14.5. The van der Waals surface area contributed by atoms with Gasteiger partial charge in [-0.15, -0.1) is 0 Å². The fourth-order valence-corrected chi connectivity index (χ4v) is 7.46. The molecular weight excluding hydrogens is 555 g/mol. The van der Waals surface area contributed by atoms with Gasteiger partial charge in [-0.1, -0.05) is 140 Å². The highest BCUT2D eigenvalue weighted by atomic mass is 15.0. The first kappa shape index (κ1) is 26.7. The molecule has 218 valence electrons. The zero-order chi connectivity index (χ0) is 30.5. The number of fused-ring (bicyclic) bond motifs is 6. The molecule has 0 radical (unpaired) electrons. The number of nitrogens with zero attached hydrogens (tertiary/aromatic N) is 1. The Hall–Kier alpha value is -5.66. The van der Waals surface area contributed by atoms with Crippen molar-refractivity contribution < 1.29 is 0 Å². The topological polar surface area (TPSA) is 4.93 Å². The average molecular weight is 588 g/mol. The molecule has 1 aliphatic carbocycles. The summed E-state index contributed by atoms with van der Waals surface area (Å²) in [5, 5.41) is 5.11. The number of hydrogen-bond acceptors (Lipinski definition) is 0. The number of allylic oxidation sites excluding steroid dienone is 1. The van der Waals surface area contributed by atoms with E-state index >= 15 is 0 Å². The van der Waals surface area contributed by atoms with Gasteiger partial charge in [0.05, 0.1) is 11.0 Å². The van der Waals surface area contributed by atoms with Crippen LogP contribution >= 0.6 is 0 Å². The van der Waals surface area contributed by atoms with Gasteiger partial charge in [0.2, 0.25) is 0 Å². The molecular formula is C45H33N. The molecule has 1 heteroatoms. The maximum absolute atomic E-state index is 2.43. The number of aromatic nitrogens is 1. The fourth-order valence-electron chi connectivity index (χ4n) is 7.46. The van der Waals surface area contributed by atoms with Crippen molar-refractivity contribution >= 4 is 38.7 Å². The van der Waals surface area contributed by atoms with E-state index in [-0.39, 0.29) is 0 Å². The van der Waals surface area contributed by atoms with E-state index in [9.17, 15) is 0 Å². The second kappa shape index (κ2) is 11.1. The summed E-state index contributed by atoms with van der Waals surface area (Å²) < 4.78 is 2.43. The highest BCUT2D eigenvalue weighted by Crippen LogP contribution is 2.39. The van der Waals surface area contributed by atoms with Crippen LogP contribution < -0.4 is 0 Å². The van der Waals surface area contributed by atoms with Crippen molar-refractivity contribution in [3.63, 3.8) is 0 Å². The quantitative estimate of drug-likeness (QED) is 0.193. The molecule has 8 aromatic rings. The molecule has 0 N–H and O–H groups in total. The predicted molar refractivity (Wildman–Crippen MR) is 196 cm³/mol. The van der Waals surface area contributed by atoms with Crippen LogP contribution in [0.2, 0.25) is 0 Å². The summed E-state index contributed by atoms with van der Waals surface area (Å²) in [6.07, 6.45) is 6.80. The van der Waals surface area contributed by atoms with E-state index in [2.05, 4.69) is 174 Å². The zero-order valence-electron chi connectivity index (χ0n) is 25.6. The Morgan fingerprint density at radius 2 is 1.20 bits per heavy atom. The average Bonchev–Trinajstić information content (AvgIpc) is 3.31. The summed E-state index contributed by atoms with van der Waals surface area (Å²) in [6.45, 7) is 0. The van der Waals surface area contributed by atoms with Crippen LogP contribution in [-0.4, -0.2) is 4.57 Å². The second-order valence-electron chi connectivity index (χ2n) is 12.5. The Kier molecular flexibility index (Phi) is 6.42. The third-order valence-electron chi connectivity index (χ3n) is 9.82. The van der Waals surface area contributed by atoms with Crippen LogP contribution in [0.15, 0.2) is 164 Å². The third kappa shape index (κ3) is 4.55. The Labute approximate surface area is 269 Å². The summed E-state index contributed by atoms with van der Waals surface area (Å²) in [7, 11) is 0. The predicted octanol–water partition coefficient (Wildman–Crippen LogP) is 12.0. The van der Waals surface area contributed by atoms with E-state index in [1.165, 1.54) is 77.2 Å². The standard InChI is InChI=1S/C45H33N/c1-3-10-31(11-4-1)32-18-20-33(21-19-32)35-13-9-14-36-29-38(23-22-37(36)28-35)39-25-27-44-43(30-39)42-26-24-34-12-7-8-17-41(34)45(42)46(44)40-15-5-2-6-16-40/h1-12,14-27,29-30,35H,13,28H2. The molecule has 9 rings (SSSR count). The first-order chi connectivity index (χ1) is 22.8. The molecule has 0 bridgehead atoms.